The van der Waals surface area contributed by atoms with Crippen LogP contribution in [0.2, 0.25) is 5.02 Å². The first-order valence-corrected chi connectivity index (χ1v) is 8.26. The number of oxazole rings is 1. The van der Waals surface area contributed by atoms with Gasteiger partial charge in [-0.1, -0.05) is 16.8 Å². The summed E-state index contributed by atoms with van der Waals surface area (Å²) in [4.78, 5) is 18.1. The third-order valence-electron chi connectivity index (χ3n) is 3.74. The Morgan fingerprint density at radius 1 is 1.28 bits per heavy atom. The van der Waals surface area contributed by atoms with Crippen molar-refractivity contribution in [3.8, 4) is 11.3 Å². The maximum atomic E-state index is 12.2. The van der Waals surface area contributed by atoms with E-state index < -0.39 is 0 Å². The quantitative estimate of drug-likeness (QED) is 0.667. The molecule has 0 spiro atoms. The highest BCUT2D eigenvalue weighted by Crippen LogP contribution is 2.22. The van der Waals surface area contributed by atoms with Crippen molar-refractivity contribution < 1.29 is 13.7 Å². The number of benzene rings is 1. The van der Waals surface area contributed by atoms with Crippen molar-refractivity contribution in [1.82, 2.24) is 15.0 Å². The average Bonchev–Trinajstić information content (AvgIpc) is 3.22. The number of rotatable bonds is 6. The van der Waals surface area contributed by atoms with Crippen molar-refractivity contribution in [2.75, 3.05) is 7.05 Å². The summed E-state index contributed by atoms with van der Waals surface area (Å²) in [5.41, 5.74) is 1.63. The predicted octanol–water partition coefficient (Wildman–Crippen LogP) is 3.88. The second-order valence-corrected chi connectivity index (χ2v) is 6.24. The molecule has 0 fully saturated rings. The molecule has 1 aromatic carbocycles. The Balaban J connectivity index is 1.54. The minimum Gasteiger partial charge on any atom is -0.441 e. The number of aromatic nitrogens is 2. The topological polar surface area (TPSA) is 72.4 Å². The van der Waals surface area contributed by atoms with Gasteiger partial charge < -0.3 is 13.8 Å². The first-order chi connectivity index (χ1) is 12.0. The fourth-order valence-electron chi connectivity index (χ4n) is 2.40. The van der Waals surface area contributed by atoms with Crippen LogP contribution in [-0.4, -0.2) is 28.0 Å². The summed E-state index contributed by atoms with van der Waals surface area (Å²) in [5.74, 6) is 1.91. The van der Waals surface area contributed by atoms with E-state index in [0.717, 1.165) is 17.0 Å². The number of halogens is 1. The summed E-state index contributed by atoms with van der Waals surface area (Å²) in [7, 11) is 1.74. The minimum absolute atomic E-state index is 0.00750. The lowest BCUT2D eigenvalue weighted by Crippen LogP contribution is -2.26. The van der Waals surface area contributed by atoms with Gasteiger partial charge in [-0.15, -0.1) is 0 Å². The molecule has 0 atom stereocenters. The molecule has 0 radical (unpaired) electrons. The normalized spacial score (nSPS) is 10.8. The van der Waals surface area contributed by atoms with Gasteiger partial charge in [0.05, 0.1) is 12.7 Å². The van der Waals surface area contributed by atoms with E-state index in [1.807, 2.05) is 25.1 Å². The third-order valence-corrected chi connectivity index (χ3v) is 3.99. The highest BCUT2D eigenvalue weighted by atomic mass is 35.5. The second-order valence-electron chi connectivity index (χ2n) is 5.80. The summed E-state index contributed by atoms with van der Waals surface area (Å²) < 4.78 is 10.7. The Hall–Kier alpha value is -2.60. The smallest absolute Gasteiger partial charge is 0.223 e. The van der Waals surface area contributed by atoms with E-state index in [1.165, 1.54) is 0 Å². The van der Waals surface area contributed by atoms with Crippen molar-refractivity contribution in [2.45, 2.75) is 26.3 Å². The Kier molecular flexibility index (Phi) is 5.19. The molecule has 7 heteroatoms. The van der Waals surface area contributed by atoms with Crippen LogP contribution in [0.15, 0.2) is 45.5 Å². The zero-order valence-electron chi connectivity index (χ0n) is 14.0. The molecule has 25 heavy (non-hydrogen) atoms. The van der Waals surface area contributed by atoms with Crippen LogP contribution >= 0.6 is 11.6 Å². The van der Waals surface area contributed by atoms with Gasteiger partial charge in [-0.25, -0.2) is 4.98 Å². The van der Waals surface area contributed by atoms with E-state index in [0.29, 0.717) is 36.1 Å². The first-order valence-electron chi connectivity index (χ1n) is 7.88. The predicted molar refractivity (Wildman–Crippen MR) is 93.0 cm³/mol. The SMILES string of the molecule is Cc1cc(CN(C)C(=O)CCc2ncc(-c3ccc(Cl)cc3)o2)no1. The van der Waals surface area contributed by atoms with Gasteiger partial charge in [-0.2, -0.15) is 0 Å². The molecule has 0 bridgehead atoms. The maximum Gasteiger partial charge on any atom is 0.223 e. The van der Waals surface area contributed by atoms with E-state index in [1.54, 1.807) is 30.3 Å². The van der Waals surface area contributed by atoms with E-state index in [-0.39, 0.29) is 5.91 Å². The molecule has 0 saturated heterocycles. The van der Waals surface area contributed by atoms with Crippen LogP contribution in [-0.2, 0) is 17.8 Å². The summed E-state index contributed by atoms with van der Waals surface area (Å²) in [6.07, 6.45) is 2.41. The van der Waals surface area contributed by atoms with E-state index in [4.69, 9.17) is 20.5 Å². The van der Waals surface area contributed by atoms with Crippen LogP contribution in [0.1, 0.15) is 23.8 Å². The average molecular weight is 360 g/mol. The molecule has 3 rings (SSSR count). The number of hydrogen-bond acceptors (Lipinski definition) is 5. The lowest BCUT2D eigenvalue weighted by atomic mass is 10.2. The molecule has 2 heterocycles. The van der Waals surface area contributed by atoms with Gasteiger partial charge in [0.2, 0.25) is 5.91 Å². The van der Waals surface area contributed by atoms with Crippen LogP contribution in [0.5, 0.6) is 0 Å². The second kappa shape index (κ2) is 7.53. The molecule has 130 valence electrons. The number of amides is 1. The number of hydrogen-bond donors (Lipinski definition) is 0. The largest absolute Gasteiger partial charge is 0.441 e. The molecule has 6 nitrogen and oxygen atoms in total. The zero-order valence-corrected chi connectivity index (χ0v) is 14.8. The maximum absolute atomic E-state index is 12.2. The molecule has 0 N–H and O–H groups in total. The molecule has 0 unspecified atom stereocenters. The van der Waals surface area contributed by atoms with Gasteiger partial charge in [0.25, 0.3) is 0 Å². The number of carbonyl (C=O) groups is 1. The molecule has 0 saturated carbocycles. The highest BCUT2D eigenvalue weighted by Gasteiger charge is 2.14. The molecule has 1 amide bonds. The molecular weight excluding hydrogens is 342 g/mol. The monoisotopic (exact) mass is 359 g/mol. The number of carbonyl (C=O) groups excluding carboxylic acids is 1. The van der Waals surface area contributed by atoms with Gasteiger partial charge in [-0.3, -0.25) is 4.79 Å². The Labute approximate surface area is 150 Å². The molecule has 0 aliphatic rings. The van der Waals surface area contributed by atoms with Gasteiger partial charge in [0.1, 0.15) is 11.5 Å². The highest BCUT2D eigenvalue weighted by molar-refractivity contribution is 6.30. The molecule has 0 aliphatic heterocycles. The van der Waals surface area contributed by atoms with Gasteiger partial charge in [0, 0.05) is 36.5 Å². The summed E-state index contributed by atoms with van der Waals surface area (Å²) in [6, 6.07) is 9.14. The summed E-state index contributed by atoms with van der Waals surface area (Å²) >= 11 is 5.88. The lowest BCUT2D eigenvalue weighted by molar-refractivity contribution is -0.130. The standard InChI is InChI=1S/C18H18ClN3O3/c1-12-9-15(21-25-12)11-22(2)18(23)8-7-17-20-10-16(24-17)13-3-5-14(19)6-4-13/h3-6,9-10H,7-8,11H2,1-2H3. The van der Waals surface area contributed by atoms with Gasteiger partial charge in [-0.05, 0) is 31.2 Å². The van der Waals surface area contributed by atoms with Crippen molar-refractivity contribution in [2.24, 2.45) is 0 Å². The van der Waals surface area contributed by atoms with E-state index in [9.17, 15) is 4.79 Å². The molecule has 3 aromatic rings. The van der Waals surface area contributed by atoms with Crippen molar-refractivity contribution >= 4 is 17.5 Å². The zero-order chi connectivity index (χ0) is 17.8. The fraction of sp³-hybridized carbons (Fsp3) is 0.278. The minimum atomic E-state index is -0.00750. The lowest BCUT2D eigenvalue weighted by Gasteiger charge is -2.14. The number of aryl methyl sites for hydroxylation is 2. The van der Waals surface area contributed by atoms with E-state index >= 15 is 0 Å². The van der Waals surface area contributed by atoms with Gasteiger partial charge in [0.15, 0.2) is 11.7 Å². The van der Waals surface area contributed by atoms with Crippen LogP contribution in [0.3, 0.4) is 0 Å². The molecule has 2 aromatic heterocycles. The van der Waals surface area contributed by atoms with Crippen LogP contribution in [0.25, 0.3) is 11.3 Å². The van der Waals surface area contributed by atoms with Crippen LogP contribution in [0.4, 0.5) is 0 Å². The van der Waals surface area contributed by atoms with Crippen LogP contribution < -0.4 is 0 Å². The molecular formula is C18H18ClN3O3. The fourth-order valence-corrected chi connectivity index (χ4v) is 2.53. The number of nitrogens with zero attached hydrogens (tertiary/aromatic N) is 3. The van der Waals surface area contributed by atoms with E-state index in [2.05, 4.69) is 10.1 Å². The Morgan fingerprint density at radius 3 is 2.72 bits per heavy atom. The Bertz CT molecular complexity index is 855. The summed E-state index contributed by atoms with van der Waals surface area (Å²) in [6.45, 7) is 2.23. The van der Waals surface area contributed by atoms with Crippen molar-refractivity contribution in [3.05, 3.63) is 58.9 Å². The van der Waals surface area contributed by atoms with Crippen molar-refractivity contribution in [1.29, 1.82) is 0 Å². The van der Waals surface area contributed by atoms with Gasteiger partial charge >= 0.3 is 0 Å². The first kappa shape index (κ1) is 17.2. The summed E-state index contributed by atoms with van der Waals surface area (Å²) in [5, 5.41) is 4.56. The van der Waals surface area contributed by atoms with Crippen molar-refractivity contribution in [3.63, 3.8) is 0 Å². The Morgan fingerprint density at radius 2 is 2.04 bits per heavy atom. The third kappa shape index (κ3) is 4.48. The van der Waals surface area contributed by atoms with Crippen LogP contribution in [0, 0.1) is 6.92 Å². The molecule has 0 aliphatic carbocycles.